The molecule has 128 valence electrons. The molecule has 0 radical (unpaired) electrons. The Morgan fingerprint density at radius 2 is 2.00 bits per heavy atom. The number of fused-ring (bicyclic) bond motifs is 3. The van der Waals surface area contributed by atoms with E-state index in [1.165, 1.54) is 4.34 Å². The van der Waals surface area contributed by atoms with Gasteiger partial charge in [-0.25, -0.2) is 23.8 Å². The average molecular weight is 377 g/mol. The van der Waals surface area contributed by atoms with Gasteiger partial charge >= 0.3 is 13.7 Å². The van der Waals surface area contributed by atoms with Gasteiger partial charge in [0.05, 0.1) is 11.0 Å². The van der Waals surface area contributed by atoms with E-state index in [0.717, 1.165) is 5.56 Å². The van der Waals surface area contributed by atoms with E-state index in [1.54, 1.807) is 18.2 Å². The van der Waals surface area contributed by atoms with Gasteiger partial charge in [-0.2, -0.15) is 0 Å². The summed E-state index contributed by atoms with van der Waals surface area (Å²) in [6, 6.07) is 13.8. The quantitative estimate of drug-likeness (QED) is 0.683. The van der Waals surface area contributed by atoms with Crippen molar-refractivity contribution in [1.29, 1.82) is 0 Å². The fraction of sp³-hybridized carbons (Fsp3) is 0.125. The number of nitrogens with one attached hydrogen (secondary N) is 2. The Balaban J connectivity index is 1.53. The predicted molar refractivity (Wildman–Crippen MR) is 94.3 cm³/mol. The molecule has 2 aromatic carbocycles. The molecule has 2 N–H and O–H groups in total. The minimum atomic E-state index is -3.59. The highest BCUT2D eigenvalue weighted by Gasteiger charge is 2.38. The molecule has 9 heteroatoms. The van der Waals surface area contributed by atoms with Crippen LogP contribution in [0.3, 0.4) is 0 Å². The van der Waals surface area contributed by atoms with Crippen molar-refractivity contribution < 1.29 is 13.9 Å². The van der Waals surface area contributed by atoms with Gasteiger partial charge in [0, 0.05) is 11.6 Å². The number of para-hydroxylation sites is 2. The molecule has 1 aliphatic heterocycles. The second kappa shape index (κ2) is 6.19. The first-order chi connectivity index (χ1) is 12.1. The van der Waals surface area contributed by atoms with Crippen molar-refractivity contribution in [2.75, 3.05) is 0 Å². The molecular weight excluding hydrogens is 363 g/mol. The van der Waals surface area contributed by atoms with E-state index in [1.807, 2.05) is 30.3 Å². The third-order valence-corrected chi connectivity index (χ3v) is 6.18. The van der Waals surface area contributed by atoms with E-state index in [4.69, 9.17) is 16.1 Å². The van der Waals surface area contributed by atoms with E-state index in [9.17, 15) is 9.36 Å². The summed E-state index contributed by atoms with van der Waals surface area (Å²) in [5.74, 6) is 0.524. The number of nitrogens with zero attached hydrogens (tertiary/aromatic N) is 2. The van der Waals surface area contributed by atoms with Crippen LogP contribution in [0.25, 0.3) is 11.0 Å². The number of hydrogen-bond donors (Lipinski definition) is 2. The molecule has 0 saturated heterocycles. The molecule has 0 saturated carbocycles. The van der Waals surface area contributed by atoms with Crippen LogP contribution in [-0.2, 0) is 22.2 Å². The fourth-order valence-electron chi connectivity index (χ4n) is 2.72. The zero-order valence-corrected chi connectivity index (χ0v) is 14.6. The van der Waals surface area contributed by atoms with E-state index in [2.05, 4.69) is 15.4 Å². The van der Waals surface area contributed by atoms with Crippen molar-refractivity contribution >= 4 is 36.3 Å². The summed E-state index contributed by atoms with van der Waals surface area (Å²) in [6.07, 6.45) is 0. The summed E-state index contributed by atoms with van der Waals surface area (Å²) in [5, 5.41) is 5.64. The van der Waals surface area contributed by atoms with Gasteiger partial charge in [0.2, 0.25) is 0 Å². The fourth-order valence-corrected chi connectivity index (χ4v) is 4.69. The predicted octanol–water partition coefficient (Wildman–Crippen LogP) is 3.68. The topological polar surface area (TPSA) is 85.2 Å². The molecule has 1 unspecified atom stereocenters. The average Bonchev–Trinajstić information content (AvgIpc) is 3.12. The zero-order chi connectivity index (χ0) is 17.4. The third kappa shape index (κ3) is 2.91. The maximum absolute atomic E-state index is 13.1. The smallest absolute Gasteiger partial charge is 0.334 e. The van der Waals surface area contributed by atoms with Crippen LogP contribution in [0.15, 0.2) is 48.5 Å². The van der Waals surface area contributed by atoms with Crippen LogP contribution in [0.1, 0.15) is 11.4 Å². The van der Waals surface area contributed by atoms with E-state index >= 15 is 0 Å². The van der Waals surface area contributed by atoms with Gasteiger partial charge in [0.25, 0.3) is 0 Å². The number of carbonyl (C=O) groups is 1. The Hall–Kier alpha value is -2.34. The monoisotopic (exact) mass is 376 g/mol. The minimum absolute atomic E-state index is 0.0801. The lowest BCUT2D eigenvalue weighted by Crippen LogP contribution is -2.34. The molecule has 2 heterocycles. The molecule has 0 spiro atoms. The van der Waals surface area contributed by atoms with Crippen LogP contribution in [0, 0.1) is 0 Å². The molecule has 0 bridgehead atoms. The number of imidazole rings is 1. The van der Waals surface area contributed by atoms with Crippen molar-refractivity contribution in [3.63, 3.8) is 0 Å². The van der Waals surface area contributed by atoms with Gasteiger partial charge in [0.15, 0.2) is 0 Å². The first-order valence-corrected chi connectivity index (χ1v) is 9.54. The number of amides is 2. The Labute approximate surface area is 148 Å². The lowest BCUT2D eigenvalue weighted by molar-refractivity contribution is 0.242. The molecule has 1 aromatic heterocycles. The highest BCUT2D eigenvalue weighted by Crippen LogP contribution is 2.52. The van der Waals surface area contributed by atoms with Gasteiger partial charge in [-0.15, -0.1) is 0 Å². The Bertz CT molecular complexity index is 1020. The number of carbonyl (C=O) groups excluding carboxylic acids is 1. The normalized spacial score (nSPS) is 18.9. The number of urea groups is 1. The first kappa shape index (κ1) is 16.1. The number of benzene rings is 2. The summed E-state index contributed by atoms with van der Waals surface area (Å²) in [5.41, 5.74) is 2.13. The second-order valence-electron chi connectivity index (χ2n) is 5.51. The Kier molecular flexibility index (Phi) is 4.00. The summed E-state index contributed by atoms with van der Waals surface area (Å²) < 4.78 is 19.9. The molecule has 1 aliphatic rings. The molecule has 0 fully saturated rings. The second-order valence-corrected chi connectivity index (χ2v) is 7.84. The van der Waals surface area contributed by atoms with E-state index < -0.39 is 13.7 Å². The van der Waals surface area contributed by atoms with Crippen molar-refractivity contribution in [3.8, 4) is 0 Å². The summed E-state index contributed by atoms with van der Waals surface area (Å²) >= 11 is 6.06. The molecule has 25 heavy (non-hydrogen) atoms. The maximum atomic E-state index is 13.1. The van der Waals surface area contributed by atoms with Gasteiger partial charge in [-0.05, 0) is 23.8 Å². The lowest BCUT2D eigenvalue weighted by atomic mass is 10.2. The largest absolute Gasteiger partial charge is 0.404 e. The van der Waals surface area contributed by atoms with Crippen molar-refractivity contribution in [3.05, 3.63) is 64.9 Å². The van der Waals surface area contributed by atoms with Crippen LogP contribution in [0.2, 0.25) is 5.02 Å². The highest BCUT2D eigenvalue weighted by molar-refractivity contribution is 7.56. The van der Waals surface area contributed by atoms with E-state index in [0.29, 0.717) is 21.9 Å². The standard InChI is InChI=1S/C16H14ClN4O3P/c17-12-6-2-1-5-11(12)9-18-16(22)20-25(23)21-14-8-4-3-7-13(14)19-15(21)10-24-25/h1-8H,9-10H2,(H2,18,20,22,23). The number of hydrogen-bond acceptors (Lipinski definition) is 4. The van der Waals surface area contributed by atoms with Gasteiger partial charge in [-0.1, -0.05) is 41.9 Å². The molecule has 3 aromatic rings. The van der Waals surface area contributed by atoms with Gasteiger partial charge in [-0.3, -0.25) is 4.52 Å². The SMILES string of the molecule is O=C(NCc1ccccc1Cl)NP1(=O)OCc2nc3ccccc3n21. The number of aromatic nitrogens is 2. The Morgan fingerprint density at radius 1 is 1.24 bits per heavy atom. The molecule has 1 atom stereocenters. The van der Waals surface area contributed by atoms with Crippen molar-refractivity contribution in [2.24, 2.45) is 0 Å². The van der Waals surface area contributed by atoms with E-state index in [-0.39, 0.29) is 13.2 Å². The molecular formula is C16H14ClN4O3P. The van der Waals surface area contributed by atoms with Gasteiger partial charge < -0.3 is 5.32 Å². The number of halogens is 1. The number of rotatable bonds is 3. The Morgan fingerprint density at radius 3 is 2.84 bits per heavy atom. The van der Waals surface area contributed by atoms with Crippen molar-refractivity contribution in [2.45, 2.75) is 13.2 Å². The van der Waals surface area contributed by atoms with Crippen molar-refractivity contribution in [1.82, 2.24) is 19.7 Å². The maximum Gasteiger partial charge on any atom is 0.404 e. The van der Waals surface area contributed by atoms with Crippen LogP contribution < -0.4 is 10.4 Å². The lowest BCUT2D eigenvalue weighted by Gasteiger charge is -2.16. The molecule has 4 rings (SSSR count). The van der Waals surface area contributed by atoms with Crippen LogP contribution in [-0.4, -0.2) is 15.4 Å². The molecule has 0 aliphatic carbocycles. The third-order valence-electron chi connectivity index (χ3n) is 3.88. The van der Waals surface area contributed by atoms with Crippen LogP contribution in [0.4, 0.5) is 4.79 Å². The highest BCUT2D eigenvalue weighted by atomic mass is 35.5. The van der Waals surface area contributed by atoms with Crippen LogP contribution >= 0.6 is 19.3 Å². The molecule has 7 nitrogen and oxygen atoms in total. The minimum Gasteiger partial charge on any atom is -0.334 e. The zero-order valence-electron chi connectivity index (χ0n) is 13.0. The van der Waals surface area contributed by atoms with Gasteiger partial charge in [0.1, 0.15) is 12.4 Å². The molecule has 2 amide bonds. The van der Waals surface area contributed by atoms with Crippen LogP contribution in [0.5, 0.6) is 0 Å². The summed E-state index contributed by atoms with van der Waals surface area (Å²) in [4.78, 5) is 16.6. The first-order valence-electron chi connectivity index (χ1n) is 7.58. The summed E-state index contributed by atoms with van der Waals surface area (Å²) in [6.45, 7) is 0.291. The summed E-state index contributed by atoms with van der Waals surface area (Å²) in [7, 11) is -3.59.